The topological polar surface area (TPSA) is 112 Å². The Morgan fingerprint density at radius 3 is 2.67 bits per heavy atom. The molecule has 7 aromatic rings. The molecule has 0 atom stereocenters. The van der Waals surface area contributed by atoms with E-state index >= 15 is 4.39 Å². The number of carbonyl (C=O) groups excluding carboxylic acids is 1. The molecule has 5 heterocycles. The summed E-state index contributed by atoms with van der Waals surface area (Å²) in [6, 6.07) is 21.2. The lowest BCUT2D eigenvalue weighted by molar-refractivity contribution is 0.102. The molecule has 7 rings (SSSR count). The Kier molecular flexibility index (Phi) is 6.61. The number of thiophene rings is 1. The highest BCUT2D eigenvalue weighted by molar-refractivity contribution is 7.17. The second-order valence-corrected chi connectivity index (χ2v) is 11.1. The highest BCUT2D eigenvalue weighted by Gasteiger charge is 2.19. The summed E-state index contributed by atoms with van der Waals surface area (Å²) in [5, 5.41) is 11.2. The van der Waals surface area contributed by atoms with Crippen LogP contribution in [0.4, 0.5) is 4.39 Å². The molecule has 0 saturated heterocycles. The summed E-state index contributed by atoms with van der Waals surface area (Å²) >= 11 is 1.42. The first-order valence-corrected chi connectivity index (χ1v) is 14.2. The molecule has 3 N–H and O–H groups in total. The molecule has 206 valence electrons. The molecule has 42 heavy (non-hydrogen) atoms. The van der Waals surface area contributed by atoms with E-state index in [0.717, 1.165) is 33.6 Å². The Labute approximate surface area is 243 Å². The summed E-state index contributed by atoms with van der Waals surface area (Å²) in [7, 11) is 0. The molecule has 0 radical (unpaired) electrons. The third kappa shape index (κ3) is 4.87. The van der Waals surface area contributed by atoms with Crippen molar-refractivity contribution in [2.24, 2.45) is 0 Å². The molecule has 0 saturated carbocycles. The van der Waals surface area contributed by atoms with Gasteiger partial charge in [0.1, 0.15) is 11.2 Å². The van der Waals surface area contributed by atoms with Gasteiger partial charge in [-0.3, -0.25) is 14.9 Å². The molecule has 0 unspecified atom stereocenters. The number of ketones is 1. The molecule has 2 aromatic carbocycles. The number of nitrogens with one attached hydrogen (secondary N) is 3. The van der Waals surface area contributed by atoms with Crippen molar-refractivity contribution in [1.29, 1.82) is 0 Å². The number of nitrogens with zero attached hydrogens (tertiary/aromatic N) is 4. The van der Waals surface area contributed by atoms with Gasteiger partial charge in [-0.25, -0.2) is 14.4 Å². The van der Waals surface area contributed by atoms with Crippen LogP contribution in [0.5, 0.6) is 0 Å². The van der Waals surface area contributed by atoms with Gasteiger partial charge in [-0.1, -0.05) is 30.3 Å². The number of hydrogen-bond acceptors (Lipinski definition) is 7. The first-order valence-electron chi connectivity index (χ1n) is 13.4. The largest absolute Gasteiger partial charge is 0.335 e. The minimum Gasteiger partial charge on any atom is -0.335 e. The van der Waals surface area contributed by atoms with Crippen LogP contribution in [0, 0.1) is 5.82 Å². The number of H-pyrrole nitrogens is 2. The number of Topliss-reactive ketones (excluding diaryl/α,β-unsaturated/α-hetero) is 1. The summed E-state index contributed by atoms with van der Waals surface area (Å²) < 4.78 is 15.3. The van der Waals surface area contributed by atoms with Crippen LogP contribution in [0.3, 0.4) is 0 Å². The van der Waals surface area contributed by atoms with Crippen LogP contribution in [-0.2, 0) is 13.1 Å². The molecule has 0 spiro atoms. The van der Waals surface area contributed by atoms with Gasteiger partial charge in [0.05, 0.1) is 10.4 Å². The van der Waals surface area contributed by atoms with Crippen LogP contribution < -0.4 is 5.32 Å². The fourth-order valence-electron chi connectivity index (χ4n) is 5.02. The third-order valence-corrected chi connectivity index (χ3v) is 8.31. The molecule has 10 heteroatoms. The fraction of sp³-hybridized carbons (Fsp3) is 0.0938. The lowest BCUT2D eigenvalue weighted by Crippen LogP contribution is -2.12. The van der Waals surface area contributed by atoms with Gasteiger partial charge >= 0.3 is 0 Å². The van der Waals surface area contributed by atoms with Crippen LogP contribution in [0.1, 0.15) is 27.7 Å². The first kappa shape index (κ1) is 25.9. The van der Waals surface area contributed by atoms with Crippen molar-refractivity contribution >= 4 is 39.2 Å². The van der Waals surface area contributed by atoms with Crippen LogP contribution in [-0.4, -0.2) is 35.9 Å². The molecular formula is C32H24FN7OS. The van der Waals surface area contributed by atoms with Crippen molar-refractivity contribution in [2.45, 2.75) is 20.0 Å². The van der Waals surface area contributed by atoms with Crippen LogP contribution in [0.25, 0.3) is 55.2 Å². The van der Waals surface area contributed by atoms with Gasteiger partial charge in [0.2, 0.25) is 0 Å². The van der Waals surface area contributed by atoms with Gasteiger partial charge in [-0.05, 0) is 60.0 Å². The quantitative estimate of drug-likeness (QED) is 0.170. The average molecular weight is 574 g/mol. The number of fused-ring (bicyclic) bond motifs is 2. The molecule has 0 bridgehead atoms. The van der Waals surface area contributed by atoms with E-state index in [2.05, 4.69) is 42.6 Å². The third-order valence-electron chi connectivity index (χ3n) is 7.09. The zero-order chi connectivity index (χ0) is 28.6. The molecule has 8 nitrogen and oxygen atoms in total. The lowest BCUT2D eigenvalue weighted by atomic mass is 10.0. The van der Waals surface area contributed by atoms with Crippen LogP contribution in [0.2, 0.25) is 0 Å². The van der Waals surface area contributed by atoms with Gasteiger partial charge in [0.15, 0.2) is 23.1 Å². The van der Waals surface area contributed by atoms with Gasteiger partial charge in [0.25, 0.3) is 0 Å². The number of pyridine rings is 2. The van der Waals surface area contributed by atoms with Gasteiger partial charge in [-0.15, -0.1) is 11.3 Å². The lowest BCUT2D eigenvalue weighted by Gasteiger charge is -2.08. The van der Waals surface area contributed by atoms with E-state index < -0.39 is 5.82 Å². The van der Waals surface area contributed by atoms with Crippen LogP contribution >= 0.6 is 11.3 Å². The standard InChI is InChI=1S/C32H24FN7OS/c1-18(41)26-7-8-27(42-26)23-9-10-36-31-29(23)37-32(38-31)30-24-12-21(13-25(33)28(24)39-40-30)22-11-20(16-35-17-22)15-34-14-19-5-3-2-4-6-19/h2-13,16-17,34H,14-15H2,1H3,(H,39,40)(H,36,37,38). The second kappa shape index (κ2) is 10.7. The minimum atomic E-state index is -0.442. The monoisotopic (exact) mass is 573 g/mol. The predicted molar refractivity (Wildman–Crippen MR) is 162 cm³/mol. The van der Waals surface area contributed by atoms with E-state index in [9.17, 15) is 4.79 Å². The number of aromatic nitrogens is 6. The summed E-state index contributed by atoms with van der Waals surface area (Å²) in [6.45, 7) is 2.92. The van der Waals surface area contributed by atoms with Crippen molar-refractivity contribution < 1.29 is 9.18 Å². The van der Waals surface area contributed by atoms with E-state index in [1.807, 2.05) is 54.7 Å². The molecule has 5 aromatic heterocycles. The van der Waals surface area contributed by atoms with Crippen molar-refractivity contribution in [2.75, 3.05) is 0 Å². The highest BCUT2D eigenvalue weighted by atomic mass is 32.1. The number of hydrogen-bond donors (Lipinski definition) is 3. The second-order valence-electron chi connectivity index (χ2n) is 9.99. The van der Waals surface area contributed by atoms with E-state index in [-0.39, 0.29) is 11.3 Å². The summed E-state index contributed by atoms with van der Waals surface area (Å²) in [6.07, 6.45) is 5.23. The molecular weight excluding hydrogens is 549 g/mol. The van der Waals surface area contributed by atoms with Crippen LogP contribution in [0.15, 0.2) is 85.3 Å². The summed E-state index contributed by atoms with van der Waals surface area (Å²) in [5.74, 6) is 0.0695. The number of rotatable bonds is 8. The molecule has 0 aliphatic rings. The van der Waals surface area contributed by atoms with Crippen molar-refractivity contribution in [3.63, 3.8) is 0 Å². The van der Waals surface area contributed by atoms with E-state index in [1.54, 1.807) is 19.3 Å². The number of benzene rings is 2. The Balaban J connectivity index is 1.22. The molecule has 0 fully saturated rings. The maximum absolute atomic E-state index is 15.3. The van der Waals surface area contributed by atoms with Gasteiger partial charge in [0, 0.05) is 53.1 Å². The number of halogens is 1. The molecule has 0 aliphatic carbocycles. The number of imidazole rings is 1. The Hall–Kier alpha value is -5.06. The zero-order valence-corrected chi connectivity index (χ0v) is 23.3. The predicted octanol–water partition coefficient (Wildman–Crippen LogP) is 6.92. The summed E-state index contributed by atoms with van der Waals surface area (Å²) in [5.41, 5.74) is 6.58. The maximum Gasteiger partial charge on any atom is 0.178 e. The number of aromatic amines is 2. The highest BCUT2D eigenvalue weighted by Crippen LogP contribution is 2.35. The number of carbonyl (C=O) groups is 1. The Morgan fingerprint density at radius 2 is 1.83 bits per heavy atom. The van der Waals surface area contributed by atoms with Gasteiger partial charge < -0.3 is 10.3 Å². The SMILES string of the molecule is CC(=O)c1ccc(-c2ccnc3nc(-c4[nH]nc5c(F)cc(-c6cncc(CNCc7ccccc7)c6)cc45)[nH]c23)s1. The smallest absolute Gasteiger partial charge is 0.178 e. The van der Waals surface area contributed by atoms with E-state index in [4.69, 9.17) is 4.98 Å². The van der Waals surface area contributed by atoms with Crippen molar-refractivity contribution in [1.82, 2.24) is 35.5 Å². The van der Waals surface area contributed by atoms with Gasteiger partial charge in [-0.2, -0.15) is 5.10 Å². The zero-order valence-electron chi connectivity index (χ0n) is 22.5. The minimum absolute atomic E-state index is 0.0211. The first-order chi connectivity index (χ1) is 20.5. The Bertz CT molecular complexity index is 2080. The van der Waals surface area contributed by atoms with Crippen molar-refractivity contribution in [3.05, 3.63) is 107 Å². The molecule has 0 aliphatic heterocycles. The fourth-order valence-corrected chi connectivity index (χ4v) is 5.95. The summed E-state index contributed by atoms with van der Waals surface area (Å²) in [4.78, 5) is 30.3. The maximum atomic E-state index is 15.3. The van der Waals surface area contributed by atoms with Crippen molar-refractivity contribution in [3.8, 4) is 33.1 Å². The van der Waals surface area contributed by atoms with E-state index in [1.165, 1.54) is 23.0 Å². The molecule has 0 amide bonds. The average Bonchev–Trinajstić information content (AvgIpc) is 3.76. The van der Waals surface area contributed by atoms with E-state index in [0.29, 0.717) is 39.5 Å². The normalized spacial score (nSPS) is 11.5. The Morgan fingerprint density at radius 1 is 0.976 bits per heavy atom.